The Labute approximate surface area is 130 Å². The second kappa shape index (κ2) is 6.75. The normalized spacial score (nSPS) is 15.0. The fraction of sp³-hybridized carbons (Fsp3) is 0.412. The predicted molar refractivity (Wildman–Crippen MR) is 86.1 cm³/mol. The number of benzene rings is 1. The Balaban J connectivity index is 1.94. The molecule has 0 unspecified atom stereocenters. The van der Waals surface area contributed by atoms with Crippen LogP contribution in [-0.4, -0.2) is 40.2 Å². The number of nitrogens with two attached hydrogens (primary N) is 1. The van der Waals surface area contributed by atoms with Gasteiger partial charge in [-0.2, -0.15) is 5.10 Å². The monoisotopic (exact) mass is 298 g/mol. The van der Waals surface area contributed by atoms with Crippen LogP contribution in [0.4, 0.5) is 0 Å². The summed E-state index contributed by atoms with van der Waals surface area (Å²) in [5.74, 6) is 0.0883. The number of carbonyl (C=O) groups excluding carboxylic acids is 1. The van der Waals surface area contributed by atoms with E-state index in [0.29, 0.717) is 18.5 Å². The number of rotatable bonds is 4. The van der Waals surface area contributed by atoms with Gasteiger partial charge in [-0.25, -0.2) is 4.68 Å². The minimum Gasteiger partial charge on any atom is -0.339 e. The summed E-state index contributed by atoms with van der Waals surface area (Å²) in [4.78, 5) is 14.7. The number of piperidine rings is 1. The van der Waals surface area contributed by atoms with E-state index in [1.807, 2.05) is 39.9 Å². The maximum Gasteiger partial charge on any atom is 0.257 e. The highest BCUT2D eigenvalue weighted by Crippen LogP contribution is 2.19. The largest absolute Gasteiger partial charge is 0.339 e. The van der Waals surface area contributed by atoms with Crippen molar-refractivity contribution in [2.24, 2.45) is 5.73 Å². The highest BCUT2D eigenvalue weighted by molar-refractivity contribution is 5.95. The summed E-state index contributed by atoms with van der Waals surface area (Å²) in [6, 6.07) is 9.88. The van der Waals surface area contributed by atoms with Gasteiger partial charge in [-0.1, -0.05) is 18.2 Å². The quantitative estimate of drug-likeness (QED) is 0.939. The van der Waals surface area contributed by atoms with E-state index in [0.717, 1.165) is 37.3 Å². The second-order valence-electron chi connectivity index (χ2n) is 5.64. The molecule has 22 heavy (non-hydrogen) atoms. The Morgan fingerprint density at radius 1 is 1.14 bits per heavy atom. The van der Waals surface area contributed by atoms with Crippen molar-refractivity contribution in [3.8, 4) is 5.69 Å². The highest BCUT2D eigenvalue weighted by Gasteiger charge is 2.23. The SMILES string of the molecule is NCCc1c(C(=O)N2CCCCC2)cnn1-c1ccccc1. The lowest BCUT2D eigenvalue weighted by molar-refractivity contribution is 0.0723. The molecule has 1 fully saturated rings. The Morgan fingerprint density at radius 3 is 2.55 bits per heavy atom. The maximum atomic E-state index is 12.8. The zero-order valence-electron chi connectivity index (χ0n) is 12.7. The molecule has 5 nitrogen and oxygen atoms in total. The van der Waals surface area contributed by atoms with Crippen LogP contribution in [0.2, 0.25) is 0 Å². The van der Waals surface area contributed by atoms with Gasteiger partial charge in [-0.3, -0.25) is 4.79 Å². The summed E-state index contributed by atoms with van der Waals surface area (Å²) in [7, 11) is 0. The molecule has 0 atom stereocenters. The first-order valence-corrected chi connectivity index (χ1v) is 7.93. The molecule has 1 aliphatic rings. The number of hydrogen-bond acceptors (Lipinski definition) is 3. The van der Waals surface area contributed by atoms with Crippen LogP contribution < -0.4 is 5.73 Å². The fourth-order valence-corrected chi connectivity index (χ4v) is 2.99. The van der Waals surface area contributed by atoms with Crippen molar-refractivity contribution < 1.29 is 4.79 Å². The van der Waals surface area contributed by atoms with E-state index in [4.69, 9.17) is 5.73 Å². The molecule has 0 bridgehead atoms. The zero-order valence-corrected chi connectivity index (χ0v) is 12.7. The van der Waals surface area contributed by atoms with E-state index in [1.54, 1.807) is 6.20 Å². The van der Waals surface area contributed by atoms with Crippen LogP contribution >= 0.6 is 0 Å². The topological polar surface area (TPSA) is 64.2 Å². The standard InChI is InChI=1S/C17H22N4O/c18-10-9-16-15(17(22)20-11-5-2-6-12-20)13-19-21(16)14-7-3-1-4-8-14/h1,3-4,7-8,13H,2,5-6,9-12,18H2. The van der Waals surface area contributed by atoms with Gasteiger partial charge in [0.05, 0.1) is 23.1 Å². The average molecular weight is 298 g/mol. The third kappa shape index (κ3) is 2.90. The van der Waals surface area contributed by atoms with E-state index in [1.165, 1.54) is 6.42 Å². The van der Waals surface area contributed by atoms with Crippen molar-refractivity contribution in [3.63, 3.8) is 0 Å². The van der Waals surface area contributed by atoms with Crippen LogP contribution in [0, 0.1) is 0 Å². The lowest BCUT2D eigenvalue weighted by Gasteiger charge is -2.26. The molecule has 5 heteroatoms. The summed E-state index contributed by atoms with van der Waals surface area (Å²) in [6.45, 7) is 2.19. The second-order valence-corrected chi connectivity index (χ2v) is 5.64. The van der Waals surface area contributed by atoms with E-state index in [9.17, 15) is 4.79 Å². The number of amides is 1. The first-order valence-electron chi connectivity index (χ1n) is 7.93. The van der Waals surface area contributed by atoms with E-state index >= 15 is 0 Å². The Bertz CT molecular complexity index is 629. The summed E-state index contributed by atoms with van der Waals surface area (Å²) >= 11 is 0. The smallest absolute Gasteiger partial charge is 0.257 e. The Kier molecular flexibility index (Phi) is 4.53. The molecule has 0 spiro atoms. The molecule has 116 valence electrons. The van der Waals surface area contributed by atoms with Gasteiger partial charge in [-0.05, 0) is 37.9 Å². The van der Waals surface area contributed by atoms with Gasteiger partial charge >= 0.3 is 0 Å². The van der Waals surface area contributed by atoms with Gasteiger partial charge in [0.1, 0.15) is 0 Å². The third-order valence-electron chi connectivity index (χ3n) is 4.12. The molecule has 0 aliphatic carbocycles. The van der Waals surface area contributed by atoms with Crippen LogP contribution in [-0.2, 0) is 6.42 Å². The molecule has 1 aromatic heterocycles. The summed E-state index contributed by atoms with van der Waals surface area (Å²) < 4.78 is 1.84. The molecule has 3 rings (SSSR count). The van der Waals surface area contributed by atoms with Crippen molar-refractivity contribution in [1.82, 2.24) is 14.7 Å². The molecule has 1 amide bonds. The molecular weight excluding hydrogens is 276 g/mol. The summed E-state index contributed by atoms with van der Waals surface area (Å²) in [5.41, 5.74) is 8.31. The maximum absolute atomic E-state index is 12.8. The van der Waals surface area contributed by atoms with Gasteiger partial charge in [0.15, 0.2) is 0 Å². The van der Waals surface area contributed by atoms with Crippen molar-refractivity contribution >= 4 is 5.91 Å². The summed E-state index contributed by atoms with van der Waals surface area (Å²) in [6.07, 6.45) is 5.72. The van der Waals surface area contributed by atoms with Gasteiger partial charge < -0.3 is 10.6 Å². The number of para-hydroxylation sites is 1. The Hall–Kier alpha value is -2.14. The van der Waals surface area contributed by atoms with E-state index in [-0.39, 0.29) is 5.91 Å². The predicted octanol–water partition coefficient (Wildman–Crippen LogP) is 2.00. The first-order chi connectivity index (χ1) is 10.8. The number of likely N-dealkylation sites (tertiary alicyclic amines) is 1. The van der Waals surface area contributed by atoms with Crippen LogP contribution in [0.3, 0.4) is 0 Å². The number of hydrogen-bond donors (Lipinski definition) is 1. The van der Waals surface area contributed by atoms with Crippen LogP contribution in [0.1, 0.15) is 35.3 Å². The number of aromatic nitrogens is 2. The van der Waals surface area contributed by atoms with Crippen LogP contribution in [0.25, 0.3) is 5.69 Å². The van der Waals surface area contributed by atoms with Crippen molar-refractivity contribution in [2.45, 2.75) is 25.7 Å². The molecule has 0 saturated carbocycles. The van der Waals surface area contributed by atoms with Gasteiger partial charge in [0.2, 0.25) is 0 Å². The van der Waals surface area contributed by atoms with E-state index in [2.05, 4.69) is 5.10 Å². The van der Waals surface area contributed by atoms with Gasteiger partial charge in [0, 0.05) is 19.5 Å². The Morgan fingerprint density at radius 2 is 1.86 bits per heavy atom. The van der Waals surface area contributed by atoms with Gasteiger partial charge in [-0.15, -0.1) is 0 Å². The number of nitrogens with zero attached hydrogens (tertiary/aromatic N) is 3. The van der Waals surface area contributed by atoms with Crippen molar-refractivity contribution in [3.05, 3.63) is 47.8 Å². The van der Waals surface area contributed by atoms with Crippen molar-refractivity contribution in [2.75, 3.05) is 19.6 Å². The van der Waals surface area contributed by atoms with Gasteiger partial charge in [0.25, 0.3) is 5.91 Å². The molecule has 1 saturated heterocycles. The third-order valence-corrected chi connectivity index (χ3v) is 4.12. The zero-order chi connectivity index (χ0) is 15.4. The molecule has 1 aliphatic heterocycles. The fourth-order valence-electron chi connectivity index (χ4n) is 2.99. The molecule has 2 aromatic rings. The van der Waals surface area contributed by atoms with E-state index < -0.39 is 0 Å². The number of carbonyl (C=O) groups is 1. The molecule has 2 heterocycles. The molecule has 0 radical (unpaired) electrons. The lowest BCUT2D eigenvalue weighted by atomic mass is 10.1. The van der Waals surface area contributed by atoms with Crippen LogP contribution in [0.5, 0.6) is 0 Å². The molecular formula is C17H22N4O. The minimum atomic E-state index is 0.0883. The average Bonchev–Trinajstić information content (AvgIpc) is 3.00. The summed E-state index contributed by atoms with van der Waals surface area (Å²) in [5, 5.41) is 4.43. The first kappa shape index (κ1) is 14.8. The van der Waals surface area contributed by atoms with Crippen molar-refractivity contribution in [1.29, 1.82) is 0 Å². The molecule has 1 aromatic carbocycles. The molecule has 2 N–H and O–H groups in total. The highest BCUT2D eigenvalue weighted by atomic mass is 16.2. The minimum absolute atomic E-state index is 0.0883. The van der Waals surface area contributed by atoms with Crippen LogP contribution in [0.15, 0.2) is 36.5 Å². The lowest BCUT2D eigenvalue weighted by Crippen LogP contribution is -2.36.